The van der Waals surface area contributed by atoms with Crippen LogP contribution in [-0.4, -0.2) is 39.2 Å². The fourth-order valence-corrected chi connectivity index (χ4v) is 3.45. The molecule has 0 radical (unpaired) electrons. The average Bonchev–Trinajstić information content (AvgIpc) is 3.15. The molecule has 0 bridgehead atoms. The minimum atomic E-state index is -1.01. The maximum absolute atomic E-state index is 12.7. The van der Waals surface area contributed by atoms with Crippen LogP contribution in [0.4, 0.5) is 11.4 Å². The molecule has 1 heterocycles. The first-order valence-electron chi connectivity index (χ1n) is 10.2. The first kappa shape index (κ1) is 21.2. The third-order valence-electron chi connectivity index (χ3n) is 5.21. The van der Waals surface area contributed by atoms with E-state index in [1.165, 1.54) is 14.0 Å². The number of carbonyl (C=O) groups excluding carboxylic acids is 2. The van der Waals surface area contributed by atoms with Gasteiger partial charge in [0.25, 0.3) is 5.91 Å². The molecule has 7 nitrogen and oxygen atoms in total. The van der Waals surface area contributed by atoms with Crippen molar-refractivity contribution in [3.8, 4) is 5.75 Å². The minimum absolute atomic E-state index is 0.372. The Hall–Kier alpha value is -4.00. The van der Waals surface area contributed by atoms with Crippen LogP contribution in [0.1, 0.15) is 17.3 Å². The first-order chi connectivity index (χ1) is 15.4. The molecule has 4 rings (SSSR count). The highest BCUT2D eigenvalue weighted by atomic mass is 16.5. The largest absolute Gasteiger partial charge is 0.495 e. The summed E-state index contributed by atoms with van der Waals surface area (Å²) in [7, 11) is 5.29. The third kappa shape index (κ3) is 4.09. The van der Waals surface area contributed by atoms with Crippen molar-refractivity contribution in [2.75, 3.05) is 31.4 Å². The van der Waals surface area contributed by atoms with E-state index in [9.17, 15) is 9.59 Å². The number of hydrogen-bond donors (Lipinski definition) is 1. The van der Waals surface area contributed by atoms with Crippen LogP contribution in [0.15, 0.2) is 65.1 Å². The Morgan fingerprint density at radius 1 is 0.969 bits per heavy atom. The SMILES string of the molecule is COc1cc2c(cc1NC(=O)[C@@H](C)OC(=O)c1cccc(N(C)C)c1)oc1ccccc12. The molecule has 4 aromatic rings. The molecule has 7 heteroatoms. The van der Waals surface area contributed by atoms with E-state index in [0.717, 1.165) is 22.0 Å². The van der Waals surface area contributed by atoms with Crippen molar-refractivity contribution in [3.05, 3.63) is 66.2 Å². The molecule has 0 aliphatic rings. The number of carbonyl (C=O) groups is 2. The second kappa shape index (κ2) is 8.63. The van der Waals surface area contributed by atoms with Crippen LogP contribution in [-0.2, 0) is 9.53 Å². The summed E-state index contributed by atoms with van der Waals surface area (Å²) in [4.78, 5) is 27.2. The normalized spacial score (nSPS) is 11.9. The summed E-state index contributed by atoms with van der Waals surface area (Å²) in [6.45, 7) is 1.52. The third-order valence-corrected chi connectivity index (χ3v) is 5.21. The van der Waals surface area contributed by atoms with Gasteiger partial charge < -0.3 is 24.1 Å². The van der Waals surface area contributed by atoms with Crippen molar-refractivity contribution in [2.45, 2.75) is 13.0 Å². The van der Waals surface area contributed by atoms with Crippen LogP contribution in [0.3, 0.4) is 0 Å². The van der Waals surface area contributed by atoms with Crippen molar-refractivity contribution >= 4 is 45.2 Å². The van der Waals surface area contributed by atoms with Gasteiger partial charge in [-0.3, -0.25) is 4.79 Å². The van der Waals surface area contributed by atoms with Gasteiger partial charge in [-0.2, -0.15) is 0 Å². The molecule has 164 valence electrons. The molecule has 0 saturated carbocycles. The standard InChI is InChI=1S/C25H24N2O5/c1-15(31-25(29)16-8-7-9-17(12-16)27(2)3)24(28)26-20-14-22-19(13-23(20)30-4)18-10-5-6-11-21(18)32-22/h5-15H,1-4H3,(H,26,28)/t15-/m1/s1. The minimum Gasteiger partial charge on any atom is -0.495 e. The van der Waals surface area contributed by atoms with E-state index in [2.05, 4.69) is 5.32 Å². The number of methoxy groups -OCH3 is 1. The fourth-order valence-electron chi connectivity index (χ4n) is 3.45. The van der Waals surface area contributed by atoms with Crippen molar-refractivity contribution < 1.29 is 23.5 Å². The predicted molar refractivity (Wildman–Crippen MR) is 125 cm³/mol. The Labute approximate surface area is 185 Å². The number of amides is 1. The second-order valence-electron chi connectivity index (χ2n) is 7.63. The summed E-state index contributed by atoms with van der Waals surface area (Å²) >= 11 is 0. The number of fused-ring (bicyclic) bond motifs is 3. The average molecular weight is 432 g/mol. The summed E-state index contributed by atoms with van der Waals surface area (Å²) in [5, 5.41) is 4.62. The van der Waals surface area contributed by atoms with Crippen molar-refractivity contribution in [1.29, 1.82) is 0 Å². The van der Waals surface area contributed by atoms with Crippen LogP contribution in [0.5, 0.6) is 5.75 Å². The lowest BCUT2D eigenvalue weighted by Crippen LogP contribution is -2.30. The summed E-state index contributed by atoms with van der Waals surface area (Å²) in [6.07, 6.45) is -1.01. The lowest BCUT2D eigenvalue weighted by Gasteiger charge is -2.16. The molecule has 0 fully saturated rings. The van der Waals surface area contributed by atoms with Gasteiger partial charge in [-0.1, -0.05) is 24.3 Å². The Morgan fingerprint density at radius 3 is 2.50 bits per heavy atom. The van der Waals surface area contributed by atoms with Gasteiger partial charge in [0.15, 0.2) is 6.10 Å². The Kier molecular flexibility index (Phi) is 5.73. The number of para-hydroxylation sites is 1. The van der Waals surface area contributed by atoms with E-state index in [4.69, 9.17) is 13.9 Å². The van der Waals surface area contributed by atoms with E-state index in [0.29, 0.717) is 22.6 Å². The van der Waals surface area contributed by atoms with Crippen molar-refractivity contribution in [2.24, 2.45) is 0 Å². The van der Waals surface area contributed by atoms with Gasteiger partial charge in [-0.25, -0.2) is 4.79 Å². The lowest BCUT2D eigenvalue weighted by molar-refractivity contribution is -0.123. The molecular weight excluding hydrogens is 408 g/mol. The van der Waals surface area contributed by atoms with Gasteiger partial charge in [-0.05, 0) is 37.3 Å². The highest BCUT2D eigenvalue weighted by Crippen LogP contribution is 2.36. The summed E-state index contributed by atoms with van der Waals surface area (Å²) < 4.78 is 16.7. The molecule has 1 atom stereocenters. The predicted octanol–water partition coefficient (Wildman–Crippen LogP) is 4.84. The van der Waals surface area contributed by atoms with Crippen molar-refractivity contribution in [1.82, 2.24) is 0 Å². The number of ether oxygens (including phenoxy) is 2. The quantitative estimate of drug-likeness (QED) is 0.439. The van der Waals surface area contributed by atoms with Gasteiger partial charge in [0.2, 0.25) is 0 Å². The molecule has 1 N–H and O–H groups in total. The lowest BCUT2D eigenvalue weighted by atomic mass is 10.1. The monoisotopic (exact) mass is 432 g/mol. The number of rotatable bonds is 6. The van der Waals surface area contributed by atoms with Crippen LogP contribution < -0.4 is 15.0 Å². The number of anilines is 2. The molecule has 0 aliphatic carbocycles. The zero-order chi connectivity index (χ0) is 22.8. The van der Waals surface area contributed by atoms with Gasteiger partial charge in [0.1, 0.15) is 16.9 Å². The smallest absolute Gasteiger partial charge is 0.338 e. The maximum atomic E-state index is 12.7. The number of nitrogens with zero attached hydrogens (tertiary/aromatic N) is 1. The number of esters is 1. The van der Waals surface area contributed by atoms with E-state index >= 15 is 0 Å². The van der Waals surface area contributed by atoms with Crippen LogP contribution in [0.25, 0.3) is 21.9 Å². The summed E-state index contributed by atoms with van der Waals surface area (Å²) in [6, 6.07) is 18.2. The van der Waals surface area contributed by atoms with E-state index in [1.54, 1.807) is 24.3 Å². The Morgan fingerprint density at radius 2 is 1.75 bits per heavy atom. The van der Waals surface area contributed by atoms with Crippen LogP contribution >= 0.6 is 0 Å². The van der Waals surface area contributed by atoms with Crippen molar-refractivity contribution in [3.63, 3.8) is 0 Å². The highest BCUT2D eigenvalue weighted by Gasteiger charge is 2.21. The van der Waals surface area contributed by atoms with Gasteiger partial charge in [0.05, 0.1) is 18.4 Å². The van der Waals surface area contributed by atoms with E-state index < -0.39 is 18.0 Å². The molecule has 0 saturated heterocycles. The summed E-state index contributed by atoms with van der Waals surface area (Å²) in [5.41, 5.74) is 3.03. The molecule has 0 aliphatic heterocycles. The maximum Gasteiger partial charge on any atom is 0.338 e. The number of hydrogen-bond acceptors (Lipinski definition) is 6. The van der Waals surface area contributed by atoms with Gasteiger partial charge >= 0.3 is 5.97 Å². The zero-order valence-corrected chi connectivity index (χ0v) is 18.3. The Balaban J connectivity index is 1.53. The number of nitrogens with one attached hydrogen (secondary N) is 1. The number of benzene rings is 3. The molecule has 32 heavy (non-hydrogen) atoms. The fraction of sp³-hybridized carbons (Fsp3) is 0.200. The Bertz CT molecular complexity index is 1310. The molecule has 3 aromatic carbocycles. The van der Waals surface area contributed by atoms with Crippen LogP contribution in [0.2, 0.25) is 0 Å². The van der Waals surface area contributed by atoms with Crippen LogP contribution in [0, 0.1) is 0 Å². The first-order valence-corrected chi connectivity index (χ1v) is 10.2. The summed E-state index contributed by atoms with van der Waals surface area (Å²) in [5.74, 6) is -0.568. The molecule has 0 spiro atoms. The second-order valence-corrected chi connectivity index (χ2v) is 7.63. The van der Waals surface area contributed by atoms with E-state index in [-0.39, 0.29) is 0 Å². The highest BCUT2D eigenvalue weighted by molar-refractivity contribution is 6.08. The van der Waals surface area contributed by atoms with E-state index in [1.807, 2.05) is 55.4 Å². The number of furan rings is 1. The van der Waals surface area contributed by atoms with Gasteiger partial charge in [0, 0.05) is 36.6 Å². The van der Waals surface area contributed by atoms with Gasteiger partial charge in [-0.15, -0.1) is 0 Å². The molecule has 0 unspecified atom stereocenters. The molecule has 1 amide bonds. The topological polar surface area (TPSA) is 81.0 Å². The molecule has 1 aromatic heterocycles. The zero-order valence-electron chi connectivity index (χ0n) is 18.3. The molecular formula is C25H24N2O5.